The summed E-state index contributed by atoms with van der Waals surface area (Å²) < 4.78 is 1.47. The van der Waals surface area contributed by atoms with Crippen molar-refractivity contribution in [3.63, 3.8) is 0 Å². The maximum absolute atomic E-state index is 5.17. The van der Waals surface area contributed by atoms with Crippen LogP contribution in [0.4, 0.5) is 5.82 Å². The quantitative estimate of drug-likeness (QED) is 0.465. The SMILES string of the molecule is Nc1cn(P)nn1. The molecule has 1 aromatic rings. The van der Waals surface area contributed by atoms with Crippen LogP contribution in [0.25, 0.3) is 0 Å². The van der Waals surface area contributed by atoms with Gasteiger partial charge in [-0.1, -0.05) is 5.21 Å². The van der Waals surface area contributed by atoms with Crippen molar-refractivity contribution >= 4 is 15.2 Å². The molecule has 0 saturated carbocycles. The normalized spacial score (nSPS) is 9.29. The van der Waals surface area contributed by atoms with Crippen LogP contribution in [0.15, 0.2) is 6.20 Å². The van der Waals surface area contributed by atoms with Crippen LogP contribution in [0.3, 0.4) is 0 Å². The topological polar surface area (TPSA) is 56.7 Å². The third-order valence-electron chi connectivity index (χ3n) is 0.528. The molecule has 5 heteroatoms. The first kappa shape index (κ1) is 4.53. The highest BCUT2D eigenvalue weighted by atomic mass is 31.0. The van der Waals surface area contributed by atoms with Crippen LogP contribution in [0, 0.1) is 0 Å². The van der Waals surface area contributed by atoms with E-state index in [2.05, 4.69) is 19.7 Å². The zero-order valence-electron chi connectivity index (χ0n) is 3.57. The lowest BCUT2D eigenvalue weighted by atomic mass is 10.8. The Hall–Kier alpha value is -0.630. The summed E-state index contributed by atoms with van der Waals surface area (Å²) in [5.74, 6) is 0.440. The lowest BCUT2D eigenvalue weighted by molar-refractivity contribution is 0.893. The first-order valence-corrected chi connectivity index (χ1v) is 2.23. The minimum atomic E-state index is 0.440. The van der Waals surface area contributed by atoms with Gasteiger partial charge in [0.25, 0.3) is 0 Å². The van der Waals surface area contributed by atoms with Crippen molar-refractivity contribution in [3.8, 4) is 0 Å². The first-order valence-electron chi connectivity index (χ1n) is 1.72. The molecule has 1 rings (SSSR count). The highest BCUT2D eigenvalue weighted by Crippen LogP contribution is 1.93. The van der Waals surface area contributed by atoms with Crippen LogP contribution in [0.1, 0.15) is 0 Å². The van der Waals surface area contributed by atoms with E-state index in [0.29, 0.717) is 5.82 Å². The van der Waals surface area contributed by atoms with E-state index in [1.54, 1.807) is 6.20 Å². The van der Waals surface area contributed by atoms with E-state index >= 15 is 0 Å². The average Bonchev–Trinajstić information content (AvgIpc) is 1.87. The number of anilines is 1. The third-order valence-corrected chi connectivity index (χ3v) is 0.780. The van der Waals surface area contributed by atoms with Crippen molar-refractivity contribution in [1.82, 2.24) is 14.8 Å². The number of aromatic nitrogens is 3. The Kier molecular flexibility index (Phi) is 0.947. The van der Waals surface area contributed by atoms with Gasteiger partial charge in [-0.05, 0) is 9.39 Å². The summed E-state index contributed by atoms with van der Waals surface area (Å²) in [6, 6.07) is 0. The summed E-state index contributed by atoms with van der Waals surface area (Å²) in [4.78, 5) is 0. The molecule has 1 unspecified atom stereocenters. The molecule has 0 aliphatic carbocycles. The monoisotopic (exact) mass is 116 g/mol. The summed E-state index contributed by atoms with van der Waals surface area (Å²) in [5.41, 5.74) is 5.17. The van der Waals surface area contributed by atoms with E-state index in [4.69, 9.17) is 5.73 Å². The molecule has 0 fully saturated rings. The Labute approximate surface area is 43.0 Å². The Morgan fingerprint density at radius 2 is 2.57 bits per heavy atom. The van der Waals surface area contributed by atoms with Crippen molar-refractivity contribution in [3.05, 3.63) is 6.20 Å². The highest BCUT2D eigenvalue weighted by Gasteiger charge is 1.84. The third kappa shape index (κ3) is 0.871. The van der Waals surface area contributed by atoms with E-state index in [0.717, 1.165) is 0 Å². The minimum Gasteiger partial charge on any atom is -0.381 e. The maximum atomic E-state index is 5.17. The second kappa shape index (κ2) is 1.46. The van der Waals surface area contributed by atoms with E-state index in [-0.39, 0.29) is 0 Å². The van der Waals surface area contributed by atoms with Gasteiger partial charge in [-0.2, -0.15) is 0 Å². The van der Waals surface area contributed by atoms with Crippen molar-refractivity contribution in [2.75, 3.05) is 5.73 Å². The molecular weight excluding hydrogens is 111 g/mol. The zero-order chi connectivity index (χ0) is 5.28. The van der Waals surface area contributed by atoms with Crippen LogP contribution >= 0.6 is 9.39 Å². The number of rotatable bonds is 0. The van der Waals surface area contributed by atoms with Gasteiger partial charge < -0.3 is 5.73 Å². The van der Waals surface area contributed by atoms with E-state index in [9.17, 15) is 0 Å². The van der Waals surface area contributed by atoms with Crippen molar-refractivity contribution in [2.24, 2.45) is 0 Å². The fourth-order valence-corrected chi connectivity index (χ4v) is 0.495. The summed E-state index contributed by atoms with van der Waals surface area (Å²) >= 11 is 0. The molecule has 0 radical (unpaired) electrons. The van der Waals surface area contributed by atoms with Gasteiger partial charge in [0.1, 0.15) is 0 Å². The molecule has 0 bridgehead atoms. The average molecular weight is 116 g/mol. The van der Waals surface area contributed by atoms with Gasteiger partial charge in [-0.3, -0.25) is 0 Å². The van der Waals surface area contributed by atoms with Crippen LogP contribution < -0.4 is 5.73 Å². The first-order chi connectivity index (χ1) is 3.29. The summed E-state index contributed by atoms with van der Waals surface area (Å²) in [6.07, 6.45) is 1.60. The highest BCUT2D eigenvalue weighted by molar-refractivity contribution is 7.14. The second-order valence-electron chi connectivity index (χ2n) is 1.12. The molecule has 7 heavy (non-hydrogen) atoms. The molecule has 0 aliphatic heterocycles. The van der Waals surface area contributed by atoms with E-state index < -0.39 is 0 Å². The summed E-state index contributed by atoms with van der Waals surface area (Å²) in [7, 11) is 2.31. The lowest BCUT2D eigenvalue weighted by Gasteiger charge is -1.74. The van der Waals surface area contributed by atoms with Crippen LogP contribution in [0.2, 0.25) is 0 Å². The van der Waals surface area contributed by atoms with Gasteiger partial charge in [-0.15, -0.1) is 5.10 Å². The van der Waals surface area contributed by atoms with Gasteiger partial charge in [0.05, 0.1) is 6.20 Å². The Balaban J connectivity index is 3.04. The number of nitrogens with two attached hydrogens (primary N) is 1. The Bertz CT molecular complexity index is 142. The van der Waals surface area contributed by atoms with Crippen molar-refractivity contribution in [1.29, 1.82) is 0 Å². The standard InChI is InChI=1S/C2H5N4P/c3-2-1-6(7)5-4-2/h1H,3,7H2. The minimum absolute atomic E-state index is 0.440. The molecule has 2 N–H and O–H groups in total. The number of nitrogens with zero attached hydrogens (tertiary/aromatic N) is 3. The van der Waals surface area contributed by atoms with Crippen LogP contribution in [-0.2, 0) is 0 Å². The van der Waals surface area contributed by atoms with Gasteiger partial charge >= 0.3 is 0 Å². The number of nitrogen functional groups attached to an aromatic ring is 1. The molecule has 0 aromatic carbocycles. The smallest absolute Gasteiger partial charge is 0.166 e. The van der Waals surface area contributed by atoms with Gasteiger partial charge in [0.15, 0.2) is 5.82 Å². The second-order valence-corrected chi connectivity index (χ2v) is 1.65. The molecule has 0 saturated heterocycles. The fourth-order valence-electron chi connectivity index (χ4n) is 0.290. The summed E-state index contributed by atoms with van der Waals surface area (Å²) in [6.45, 7) is 0. The molecule has 0 aliphatic rings. The molecule has 1 aromatic heterocycles. The Morgan fingerprint density at radius 1 is 1.86 bits per heavy atom. The Morgan fingerprint density at radius 3 is 2.71 bits per heavy atom. The van der Waals surface area contributed by atoms with Gasteiger partial charge in [-0.25, -0.2) is 4.45 Å². The fraction of sp³-hybridized carbons (Fsp3) is 0. The van der Waals surface area contributed by atoms with Crippen molar-refractivity contribution in [2.45, 2.75) is 0 Å². The molecule has 1 heterocycles. The van der Waals surface area contributed by atoms with Crippen LogP contribution in [0.5, 0.6) is 0 Å². The van der Waals surface area contributed by atoms with Gasteiger partial charge in [0, 0.05) is 0 Å². The molecule has 0 amide bonds. The molecule has 0 spiro atoms. The summed E-state index contributed by atoms with van der Waals surface area (Å²) in [5, 5.41) is 7.01. The molecule has 4 nitrogen and oxygen atoms in total. The predicted octanol–water partition coefficient (Wildman–Crippen LogP) is -0.501. The number of hydrogen-bond donors (Lipinski definition) is 1. The maximum Gasteiger partial charge on any atom is 0.166 e. The zero-order valence-corrected chi connectivity index (χ0v) is 4.73. The molecule has 38 valence electrons. The van der Waals surface area contributed by atoms with E-state index in [1.807, 2.05) is 0 Å². The van der Waals surface area contributed by atoms with Crippen LogP contribution in [-0.4, -0.2) is 14.8 Å². The predicted molar refractivity (Wildman–Crippen MR) is 29.5 cm³/mol. The van der Waals surface area contributed by atoms with Crippen molar-refractivity contribution < 1.29 is 0 Å². The number of hydrogen-bond acceptors (Lipinski definition) is 3. The van der Waals surface area contributed by atoms with Gasteiger partial charge in [0.2, 0.25) is 0 Å². The molecular formula is C2H5N4P. The molecule has 1 atom stereocenters. The largest absolute Gasteiger partial charge is 0.381 e. The van der Waals surface area contributed by atoms with E-state index in [1.165, 1.54) is 4.45 Å². The lowest BCUT2D eigenvalue weighted by Crippen LogP contribution is -1.81.